The van der Waals surface area contributed by atoms with E-state index in [1.54, 1.807) is 0 Å². The molecule has 1 aliphatic carbocycles. The molecule has 0 aliphatic heterocycles. The highest BCUT2D eigenvalue weighted by Crippen LogP contribution is 2.53. The Bertz CT molecular complexity index is 164. The van der Waals surface area contributed by atoms with Crippen LogP contribution in [0.15, 0.2) is 0 Å². The molecular formula is C11H22O. The van der Waals surface area contributed by atoms with Gasteiger partial charge in [-0.2, -0.15) is 0 Å². The largest absolute Gasteiger partial charge is 0.299 e. The predicted octanol–water partition coefficient (Wildman–Crippen LogP) is 3.28. The summed E-state index contributed by atoms with van der Waals surface area (Å²) in [5, 5.41) is 0. The summed E-state index contributed by atoms with van der Waals surface area (Å²) in [6.45, 7) is 8.33. The van der Waals surface area contributed by atoms with E-state index in [9.17, 15) is 4.79 Å². The van der Waals surface area contributed by atoms with Crippen LogP contribution in [0.5, 0.6) is 0 Å². The second kappa shape index (κ2) is 3.59. The van der Waals surface area contributed by atoms with Crippen LogP contribution < -0.4 is 0 Å². The van der Waals surface area contributed by atoms with Gasteiger partial charge in [0, 0.05) is 11.3 Å². The van der Waals surface area contributed by atoms with Gasteiger partial charge in [-0.25, -0.2) is 0 Å². The monoisotopic (exact) mass is 170 g/mol. The first kappa shape index (κ1) is 11.7. The topological polar surface area (TPSA) is 17.1 Å². The molecule has 0 saturated heterocycles. The first-order valence-electron chi connectivity index (χ1n) is 4.55. The molecule has 1 fully saturated rings. The van der Waals surface area contributed by atoms with E-state index >= 15 is 0 Å². The van der Waals surface area contributed by atoms with Gasteiger partial charge >= 0.3 is 0 Å². The van der Waals surface area contributed by atoms with Crippen molar-refractivity contribution in [2.24, 2.45) is 17.3 Å². The van der Waals surface area contributed by atoms with Gasteiger partial charge in [0.2, 0.25) is 0 Å². The zero-order valence-corrected chi connectivity index (χ0v) is 7.98. The standard InChI is InChI=1S/C10H18O.CH4/c1-7(2)9(11)10(5-6-10)8(3)4;/h7-8H,5-6H2,1-4H3;1H4. The van der Waals surface area contributed by atoms with E-state index in [1.807, 2.05) is 13.8 Å². The van der Waals surface area contributed by atoms with Crippen molar-refractivity contribution in [3.05, 3.63) is 0 Å². The molecule has 1 heteroatoms. The molecule has 1 saturated carbocycles. The molecule has 0 atom stereocenters. The van der Waals surface area contributed by atoms with E-state index in [2.05, 4.69) is 13.8 Å². The Kier molecular flexibility index (Phi) is 3.49. The predicted molar refractivity (Wildman–Crippen MR) is 53.1 cm³/mol. The van der Waals surface area contributed by atoms with Crippen molar-refractivity contribution in [2.75, 3.05) is 0 Å². The molecule has 0 N–H and O–H groups in total. The highest BCUT2D eigenvalue weighted by Gasteiger charge is 2.51. The van der Waals surface area contributed by atoms with Crippen molar-refractivity contribution in [1.29, 1.82) is 0 Å². The third-order valence-electron chi connectivity index (χ3n) is 2.91. The average Bonchev–Trinajstić information content (AvgIpc) is 2.65. The number of carbonyl (C=O) groups is 1. The fourth-order valence-corrected chi connectivity index (χ4v) is 1.82. The molecule has 12 heavy (non-hydrogen) atoms. The van der Waals surface area contributed by atoms with Crippen LogP contribution in [0, 0.1) is 17.3 Å². The summed E-state index contributed by atoms with van der Waals surface area (Å²) >= 11 is 0. The van der Waals surface area contributed by atoms with Gasteiger partial charge < -0.3 is 0 Å². The molecule has 0 aromatic carbocycles. The molecule has 72 valence electrons. The van der Waals surface area contributed by atoms with E-state index < -0.39 is 0 Å². The second-order valence-electron chi connectivity index (χ2n) is 4.33. The Hall–Kier alpha value is -0.330. The van der Waals surface area contributed by atoms with Gasteiger partial charge in [-0.15, -0.1) is 0 Å². The van der Waals surface area contributed by atoms with Gasteiger partial charge in [-0.1, -0.05) is 35.1 Å². The van der Waals surface area contributed by atoms with Crippen LogP contribution >= 0.6 is 0 Å². The van der Waals surface area contributed by atoms with Crippen LogP contribution in [-0.4, -0.2) is 5.78 Å². The summed E-state index contributed by atoms with van der Waals surface area (Å²) in [6.07, 6.45) is 2.25. The van der Waals surface area contributed by atoms with E-state index in [4.69, 9.17) is 0 Å². The lowest BCUT2D eigenvalue weighted by Crippen LogP contribution is -2.25. The fourth-order valence-electron chi connectivity index (χ4n) is 1.82. The van der Waals surface area contributed by atoms with E-state index in [0.29, 0.717) is 11.7 Å². The number of hydrogen-bond acceptors (Lipinski definition) is 1. The molecular weight excluding hydrogens is 148 g/mol. The van der Waals surface area contributed by atoms with Crippen LogP contribution in [0.1, 0.15) is 48.0 Å². The molecule has 0 bridgehead atoms. The molecule has 0 heterocycles. The van der Waals surface area contributed by atoms with Crippen LogP contribution in [0.4, 0.5) is 0 Å². The molecule has 0 unspecified atom stereocenters. The highest BCUT2D eigenvalue weighted by atomic mass is 16.1. The summed E-state index contributed by atoms with van der Waals surface area (Å²) < 4.78 is 0. The summed E-state index contributed by atoms with van der Waals surface area (Å²) in [5.41, 5.74) is 0.0914. The summed E-state index contributed by atoms with van der Waals surface area (Å²) in [4.78, 5) is 11.7. The molecule has 0 amide bonds. The summed E-state index contributed by atoms with van der Waals surface area (Å²) in [5.74, 6) is 1.24. The zero-order valence-electron chi connectivity index (χ0n) is 7.98. The number of rotatable bonds is 3. The molecule has 1 rings (SSSR count). The molecule has 1 nitrogen and oxygen atoms in total. The molecule has 0 spiro atoms. The Morgan fingerprint density at radius 3 is 1.67 bits per heavy atom. The SMILES string of the molecule is C.CC(C)C(=O)C1(C(C)C)CC1. The van der Waals surface area contributed by atoms with Crippen molar-refractivity contribution in [1.82, 2.24) is 0 Å². The number of ketones is 1. The first-order chi connectivity index (χ1) is 5.00. The lowest BCUT2D eigenvalue weighted by atomic mass is 9.83. The van der Waals surface area contributed by atoms with Crippen molar-refractivity contribution >= 4 is 5.78 Å². The maximum atomic E-state index is 11.7. The normalized spacial score (nSPS) is 19.2. The molecule has 0 aromatic rings. The van der Waals surface area contributed by atoms with Gasteiger partial charge in [-0.3, -0.25) is 4.79 Å². The first-order valence-corrected chi connectivity index (χ1v) is 4.55. The third kappa shape index (κ3) is 1.70. The second-order valence-corrected chi connectivity index (χ2v) is 4.33. The Balaban J connectivity index is 0.00000121. The van der Waals surface area contributed by atoms with Crippen molar-refractivity contribution < 1.29 is 4.79 Å². The summed E-state index contributed by atoms with van der Waals surface area (Å²) in [6, 6.07) is 0. The van der Waals surface area contributed by atoms with Gasteiger partial charge in [0.15, 0.2) is 0 Å². The maximum absolute atomic E-state index is 11.7. The van der Waals surface area contributed by atoms with Gasteiger partial charge in [-0.05, 0) is 18.8 Å². The zero-order chi connectivity index (χ0) is 8.65. The molecule has 0 radical (unpaired) electrons. The van der Waals surface area contributed by atoms with Crippen LogP contribution in [-0.2, 0) is 4.79 Å². The van der Waals surface area contributed by atoms with Crippen LogP contribution in [0.3, 0.4) is 0 Å². The minimum Gasteiger partial charge on any atom is -0.299 e. The van der Waals surface area contributed by atoms with E-state index in [0.717, 1.165) is 12.8 Å². The van der Waals surface area contributed by atoms with Crippen LogP contribution in [0.2, 0.25) is 0 Å². The third-order valence-corrected chi connectivity index (χ3v) is 2.91. The Morgan fingerprint density at radius 2 is 1.58 bits per heavy atom. The van der Waals surface area contributed by atoms with E-state index in [1.165, 1.54) is 0 Å². The van der Waals surface area contributed by atoms with E-state index in [-0.39, 0.29) is 18.8 Å². The number of carbonyl (C=O) groups excluding carboxylic acids is 1. The minimum absolute atomic E-state index is 0. The maximum Gasteiger partial charge on any atom is 0.141 e. The van der Waals surface area contributed by atoms with Gasteiger partial charge in [0.25, 0.3) is 0 Å². The minimum atomic E-state index is 0. The van der Waals surface area contributed by atoms with Gasteiger partial charge in [0.1, 0.15) is 5.78 Å². The van der Waals surface area contributed by atoms with Crippen LogP contribution in [0.25, 0.3) is 0 Å². The summed E-state index contributed by atoms with van der Waals surface area (Å²) in [7, 11) is 0. The molecule has 0 aromatic heterocycles. The average molecular weight is 170 g/mol. The van der Waals surface area contributed by atoms with Crippen molar-refractivity contribution in [2.45, 2.75) is 48.0 Å². The number of Topliss-reactive ketones (excluding diaryl/α,β-unsaturated/α-hetero) is 1. The quantitative estimate of drug-likeness (QED) is 0.635. The van der Waals surface area contributed by atoms with Crippen molar-refractivity contribution in [3.63, 3.8) is 0 Å². The smallest absolute Gasteiger partial charge is 0.141 e. The lowest BCUT2D eigenvalue weighted by Gasteiger charge is -2.19. The fraction of sp³-hybridized carbons (Fsp3) is 0.909. The molecule has 1 aliphatic rings. The number of hydrogen-bond donors (Lipinski definition) is 0. The Labute approximate surface area is 76.6 Å². The Morgan fingerprint density at radius 1 is 1.17 bits per heavy atom. The van der Waals surface area contributed by atoms with Crippen molar-refractivity contribution in [3.8, 4) is 0 Å². The van der Waals surface area contributed by atoms with Gasteiger partial charge in [0.05, 0.1) is 0 Å². The highest BCUT2D eigenvalue weighted by molar-refractivity contribution is 5.89. The lowest BCUT2D eigenvalue weighted by molar-refractivity contribution is -0.128.